The molecule has 1 heterocycles. The van der Waals surface area contributed by atoms with Crippen molar-refractivity contribution < 1.29 is 4.79 Å². The molecule has 0 bridgehead atoms. The second kappa shape index (κ2) is 3.87. The molecule has 0 spiro atoms. The quantitative estimate of drug-likeness (QED) is 0.630. The lowest BCUT2D eigenvalue weighted by Crippen LogP contribution is -2.42. The predicted octanol–water partition coefficient (Wildman–Crippen LogP) is -0.453. The number of rotatable bonds is 2. The molecule has 80 valence electrons. The summed E-state index contributed by atoms with van der Waals surface area (Å²) in [5.41, 5.74) is 5.49. The summed E-state index contributed by atoms with van der Waals surface area (Å²) in [6.07, 6.45) is 3.05. The van der Waals surface area contributed by atoms with Crippen molar-refractivity contribution in [2.24, 2.45) is 11.1 Å². The molecule has 1 aliphatic carbocycles. The number of hydrogen-bond acceptors (Lipinski definition) is 3. The van der Waals surface area contributed by atoms with Gasteiger partial charge in [-0.1, -0.05) is 0 Å². The number of amides is 1. The molecule has 0 aromatic carbocycles. The first-order chi connectivity index (χ1) is 6.78. The SMILES string of the molecule is NCC1(C(=O)N2CCCNCC2)CC1. The standard InChI is InChI=1S/C10H19N3O/c11-8-10(2-3-10)9(14)13-6-1-4-12-5-7-13/h12H,1-8,11H2. The third-order valence-electron chi connectivity index (χ3n) is 3.33. The molecule has 14 heavy (non-hydrogen) atoms. The Balaban J connectivity index is 1.96. The van der Waals surface area contributed by atoms with E-state index in [2.05, 4.69) is 5.32 Å². The predicted molar refractivity (Wildman–Crippen MR) is 54.8 cm³/mol. The first-order valence-electron chi connectivity index (χ1n) is 5.49. The van der Waals surface area contributed by atoms with Gasteiger partial charge in [0.25, 0.3) is 0 Å². The summed E-state index contributed by atoms with van der Waals surface area (Å²) in [6, 6.07) is 0. The Hall–Kier alpha value is -0.610. The fourth-order valence-corrected chi connectivity index (χ4v) is 2.04. The lowest BCUT2D eigenvalue weighted by Gasteiger charge is -2.24. The van der Waals surface area contributed by atoms with Gasteiger partial charge < -0.3 is 16.0 Å². The topological polar surface area (TPSA) is 58.4 Å². The third-order valence-corrected chi connectivity index (χ3v) is 3.33. The van der Waals surface area contributed by atoms with E-state index in [4.69, 9.17) is 5.73 Å². The molecular weight excluding hydrogens is 178 g/mol. The average Bonchev–Trinajstić information content (AvgIpc) is 3.03. The van der Waals surface area contributed by atoms with Crippen LogP contribution < -0.4 is 11.1 Å². The van der Waals surface area contributed by atoms with Crippen molar-refractivity contribution in [3.05, 3.63) is 0 Å². The maximum Gasteiger partial charge on any atom is 0.230 e. The van der Waals surface area contributed by atoms with Crippen LogP contribution in [0.1, 0.15) is 19.3 Å². The molecular formula is C10H19N3O. The first-order valence-corrected chi connectivity index (χ1v) is 5.49. The minimum atomic E-state index is -0.162. The van der Waals surface area contributed by atoms with Gasteiger partial charge in [0, 0.05) is 26.2 Å². The minimum Gasteiger partial charge on any atom is -0.341 e. The van der Waals surface area contributed by atoms with Crippen LogP contribution in [-0.2, 0) is 4.79 Å². The molecule has 4 nitrogen and oxygen atoms in total. The highest BCUT2D eigenvalue weighted by atomic mass is 16.2. The van der Waals surface area contributed by atoms with E-state index in [0.717, 1.165) is 45.4 Å². The molecule has 0 aromatic rings. The molecule has 2 fully saturated rings. The second-order valence-electron chi connectivity index (χ2n) is 4.38. The zero-order valence-corrected chi connectivity index (χ0v) is 8.59. The second-order valence-corrected chi connectivity index (χ2v) is 4.38. The minimum absolute atomic E-state index is 0.162. The Morgan fingerprint density at radius 2 is 2.14 bits per heavy atom. The fraction of sp³-hybridized carbons (Fsp3) is 0.900. The van der Waals surface area contributed by atoms with E-state index in [1.165, 1.54) is 0 Å². The molecule has 2 aliphatic rings. The van der Waals surface area contributed by atoms with Crippen molar-refractivity contribution in [1.82, 2.24) is 10.2 Å². The van der Waals surface area contributed by atoms with Crippen LogP contribution in [0.25, 0.3) is 0 Å². The summed E-state index contributed by atoms with van der Waals surface area (Å²) in [5.74, 6) is 0.295. The fourth-order valence-electron chi connectivity index (χ4n) is 2.04. The molecule has 3 N–H and O–H groups in total. The van der Waals surface area contributed by atoms with Crippen molar-refractivity contribution >= 4 is 5.91 Å². The highest BCUT2D eigenvalue weighted by molar-refractivity contribution is 5.85. The molecule has 1 saturated heterocycles. The number of carbonyl (C=O) groups excluding carboxylic acids is 1. The van der Waals surface area contributed by atoms with Crippen molar-refractivity contribution in [3.8, 4) is 0 Å². The Labute approximate surface area is 84.8 Å². The van der Waals surface area contributed by atoms with Crippen molar-refractivity contribution in [2.75, 3.05) is 32.7 Å². The van der Waals surface area contributed by atoms with Gasteiger partial charge in [-0.15, -0.1) is 0 Å². The van der Waals surface area contributed by atoms with Crippen molar-refractivity contribution in [2.45, 2.75) is 19.3 Å². The Bertz CT molecular complexity index is 217. The van der Waals surface area contributed by atoms with E-state index in [1.807, 2.05) is 4.90 Å². The number of hydrogen-bond donors (Lipinski definition) is 2. The zero-order chi connectivity index (χ0) is 10.0. The lowest BCUT2D eigenvalue weighted by molar-refractivity contribution is -0.136. The van der Waals surface area contributed by atoms with Gasteiger partial charge in [-0.3, -0.25) is 4.79 Å². The summed E-state index contributed by atoms with van der Waals surface area (Å²) in [6.45, 7) is 4.22. The normalized spacial score (nSPS) is 25.6. The zero-order valence-electron chi connectivity index (χ0n) is 8.59. The van der Waals surface area contributed by atoms with E-state index in [9.17, 15) is 4.79 Å². The molecule has 1 saturated carbocycles. The number of nitrogens with two attached hydrogens (primary N) is 1. The Morgan fingerprint density at radius 3 is 2.79 bits per heavy atom. The summed E-state index contributed by atoms with van der Waals surface area (Å²) in [4.78, 5) is 14.1. The summed E-state index contributed by atoms with van der Waals surface area (Å²) < 4.78 is 0. The van der Waals surface area contributed by atoms with Crippen LogP contribution >= 0.6 is 0 Å². The van der Waals surface area contributed by atoms with Gasteiger partial charge >= 0.3 is 0 Å². The third kappa shape index (κ3) is 1.77. The van der Waals surface area contributed by atoms with Crippen LogP contribution in [0.3, 0.4) is 0 Å². The van der Waals surface area contributed by atoms with E-state index in [0.29, 0.717) is 12.5 Å². The first kappa shape index (κ1) is 9.93. The van der Waals surface area contributed by atoms with Gasteiger partial charge in [-0.2, -0.15) is 0 Å². The molecule has 0 aromatic heterocycles. The van der Waals surface area contributed by atoms with Crippen LogP contribution in [0.15, 0.2) is 0 Å². The van der Waals surface area contributed by atoms with Crippen LogP contribution in [0.2, 0.25) is 0 Å². The van der Waals surface area contributed by atoms with E-state index < -0.39 is 0 Å². The van der Waals surface area contributed by atoms with Crippen molar-refractivity contribution in [1.29, 1.82) is 0 Å². The molecule has 0 radical (unpaired) electrons. The van der Waals surface area contributed by atoms with Gasteiger partial charge in [0.15, 0.2) is 0 Å². The highest BCUT2D eigenvalue weighted by Gasteiger charge is 2.50. The van der Waals surface area contributed by atoms with Crippen LogP contribution in [0.5, 0.6) is 0 Å². The van der Waals surface area contributed by atoms with E-state index in [-0.39, 0.29) is 5.41 Å². The lowest BCUT2D eigenvalue weighted by atomic mass is 10.1. The van der Waals surface area contributed by atoms with Gasteiger partial charge in [0.05, 0.1) is 5.41 Å². The molecule has 0 unspecified atom stereocenters. The summed E-state index contributed by atoms with van der Waals surface area (Å²) >= 11 is 0. The van der Waals surface area contributed by atoms with Gasteiger partial charge in [-0.25, -0.2) is 0 Å². The average molecular weight is 197 g/mol. The Morgan fingerprint density at radius 1 is 1.36 bits per heavy atom. The number of nitrogens with zero attached hydrogens (tertiary/aromatic N) is 1. The molecule has 1 amide bonds. The Kier molecular flexibility index (Phi) is 2.74. The van der Waals surface area contributed by atoms with E-state index in [1.54, 1.807) is 0 Å². The van der Waals surface area contributed by atoms with Crippen LogP contribution in [0, 0.1) is 5.41 Å². The van der Waals surface area contributed by atoms with Crippen LogP contribution in [-0.4, -0.2) is 43.5 Å². The van der Waals surface area contributed by atoms with Gasteiger partial charge in [0.2, 0.25) is 5.91 Å². The molecule has 4 heteroatoms. The maximum atomic E-state index is 12.1. The maximum absolute atomic E-state index is 12.1. The summed E-state index contributed by atoms with van der Waals surface area (Å²) in [7, 11) is 0. The summed E-state index contributed by atoms with van der Waals surface area (Å²) in [5, 5.41) is 3.30. The van der Waals surface area contributed by atoms with E-state index >= 15 is 0 Å². The molecule has 2 rings (SSSR count). The van der Waals surface area contributed by atoms with Gasteiger partial charge in [-0.05, 0) is 25.8 Å². The van der Waals surface area contributed by atoms with Crippen molar-refractivity contribution in [3.63, 3.8) is 0 Å². The number of nitrogens with one attached hydrogen (secondary N) is 1. The smallest absolute Gasteiger partial charge is 0.230 e. The highest BCUT2D eigenvalue weighted by Crippen LogP contribution is 2.46. The number of carbonyl (C=O) groups is 1. The van der Waals surface area contributed by atoms with Crippen LogP contribution in [0.4, 0.5) is 0 Å². The molecule has 1 aliphatic heterocycles. The molecule has 0 atom stereocenters. The van der Waals surface area contributed by atoms with Gasteiger partial charge in [0.1, 0.15) is 0 Å². The largest absolute Gasteiger partial charge is 0.341 e. The monoisotopic (exact) mass is 197 g/mol.